The fourth-order valence-corrected chi connectivity index (χ4v) is 5.20. The molecule has 0 N–H and O–H groups in total. The summed E-state index contributed by atoms with van der Waals surface area (Å²) in [6, 6.07) is 14.2. The van der Waals surface area contributed by atoms with Gasteiger partial charge in [0.1, 0.15) is 5.75 Å². The highest BCUT2D eigenvalue weighted by Gasteiger charge is 2.33. The van der Waals surface area contributed by atoms with Crippen LogP contribution >= 0.6 is 11.3 Å². The van der Waals surface area contributed by atoms with Gasteiger partial charge in [-0.05, 0) is 54.7 Å². The van der Waals surface area contributed by atoms with Gasteiger partial charge in [0.05, 0.1) is 28.5 Å². The summed E-state index contributed by atoms with van der Waals surface area (Å²) in [6.07, 6.45) is 1.74. The lowest BCUT2D eigenvalue weighted by Crippen LogP contribution is -2.39. The maximum Gasteiger partial charge on any atom is 0.338 e. The van der Waals surface area contributed by atoms with Crippen molar-refractivity contribution in [3.63, 3.8) is 0 Å². The number of rotatable bonds is 6. The lowest BCUT2D eigenvalue weighted by atomic mass is 9.93. The van der Waals surface area contributed by atoms with Crippen molar-refractivity contribution < 1.29 is 19.1 Å². The van der Waals surface area contributed by atoms with Crippen LogP contribution in [0.3, 0.4) is 0 Å². The van der Waals surface area contributed by atoms with Gasteiger partial charge in [-0.3, -0.25) is 14.2 Å². The van der Waals surface area contributed by atoms with Gasteiger partial charge in [-0.2, -0.15) is 0 Å². The molecule has 0 bridgehead atoms. The van der Waals surface area contributed by atoms with Crippen LogP contribution in [0.2, 0.25) is 0 Å². The van der Waals surface area contributed by atoms with Crippen molar-refractivity contribution in [1.29, 1.82) is 0 Å². The number of nitrogens with zero attached hydrogens (tertiary/aromatic N) is 2. The highest BCUT2D eigenvalue weighted by molar-refractivity contribution is 7.07. The number of aromatic nitrogens is 1. The molecule has 1 aliphatic heterocycles. The molecule has 0 radical (unpaired) electrons. The summed E-state index contributed by atoms with van der Waals surface area (Å²) in [7, 11) is 0. The van der Waals surface area contributed by atoms with Gasteiger partial charge < -0.3 is 9.47 Å². The molecule has 8 heteroatoms. The number of allylic oxidation sites excluding steroid dienone is 1. The van der Waals surface area contributed by atoms with E-state index in [0.29, 0.717) is 37.8 Å². The molecule has 1 aliphatic rings. The molecular weight excluding hydrogens is 476 g/mol. The van der Waals surface area contributed by atoms with Crippen LogP contribution in [0.5, 0.6) is 5.75 Å². The van der Waals surface area contributed by atoms with Gasteiger partial charge in [-0.25, -0.2) is 9.79 Å². The monoisotopic (exact) mass is 504 g/mol. The standard InChI is InChI=1S/C28H28N2O5S/c1-6-34-27(33)24-17(4)29-28-30(25(24)21-12-10-20(11-13-21)16(2)3)26(32)23(36-28)15-19-8-7-9-22(14-19)35-18(5)31/h7-16,25H,6H2,1-5H3/b23-15-/t25-/m1/s1. The van der Waals surface area contributed by atoms with Gasteiger partial charge in [-0.1, -0.05) is 61.6 Å². The van der Waals surface area contributed by atoms with Crippen molar-refractivity contribution in [1.82, 2.24) is 4.57 Å². The van der Waals surface area contributed by atoms with E-state index in [1.54, 1.807) is 42.7 Å². The minimum atomic E-state index is -0.656. The van der Waals surface area contributed by atoms with Gasteiger partial charge in [-0.15, -0.1) is 0 Å². The first-order chi connectivity index (χ1) is 17.2. The van der Waals surface area contributed by atoms with Crippen LogP contribution in [0.1, 0.15) is 63.3 Å². The van der Waals surface area contributed by atoms with Crippen molar-refractivity contribution in [3.05, 3.63) is 96.2 Å². The van der Waals surface area contributed by atoms with Crippen molar-refractivity contribution in [2.24, 2.45) is 4.99 Å². The number of hydrogen-bond acceptors (Lipinski definition) is 7. The number of carbonyl (C=O) groups is 2. The molecule has 0 fully saturated rings. The van der Waals surface area contributed by atoms with Crippen molar-refractivity contribution in [2.45, 2.75) is 46.6 Å². The van der Waals surface area contributed by atoms with Crippen LogP contribution in [0.15, 0.2) is 69.6 Å². The maximum absolute atomic E-state index is 13.7. The summed E-state index contributed by atoms with van der Waals surface area (Å²) in [5.74, 6) is -0.157. The second-order valence-corrected chi connectivity index (χ2v) is 9.80. The molecule has 0 spiro atoms. The molecule has 0 amide bonds. The molecule has 3 aromatic rings. The van der Waals surface area contributed by atoms with E-state index in [0.717, 1.165) is 11.1 Å². The third kappa shape index (κ3) is 5.09. The number of benzene rings is 2. The summed E-state index contributed by atoms with van der Waals surface area (Å²) >= 11 is 1.25. The number of hydrogen-bond donors (Lipinski definition) is 0. The fourth-order valence-electron chi connectivity index (χ4n) is 4.16. The van der Waals surface area contributed by atoms with E-state index in [9.17, 15) is 14.4 Å². The van der Waals surface area contributed by atoms with Gasteiger partial charge in [0, 0.05) is 6.92 Å². The SMILES string of the molecule is CCOC(=O)C1=C(C)N=c2s/c(=C\c3cccc(OC(C)=O)c3)c(=O)n2[C@@H]1c1ccc(C(C)C)cc1. The summed E-state index contributed by atoms with van der Waals surface area (Å²) in [6.45, 7) is 9.30. The van der Waals surface area contributed by atoms with Crippen molar-refractivity contribution >= 4 is 29.4 Å². The average molecular weight is 505 g/mol. The summed E-state index contributed by atoms with van der Waals surface area (Å²) in [5.41, 5.74) is 3.29. The summed E-state index contributed by atoms with van der Waals surface area (Å²) in [4.78, 5) is 43.1. The molecule has 0 saturated heterocycles. The third-order valence-electron chi connectivity index (χ3n) is 5.85. The smallest absolute Gasteiger partial charge is 0.338 e. The predicted octanol–water partition coefficient (Wildman–Crippen LogP) is 3.85. The first-order valence-electron chi connectivity index (χ1n) is 11.8. The van der Waals surface area contributed by atoms with Crippen LogP contribution in [-0.2, 0) is 14.3 Å². The Kier molecular flexibility index (Phi) is 7.35. The Labute approximate surface area is 213 Å². The minimum Gasteiger partial charge on any atom is -0.463 e. The average Bonchev–Trinajstić information content (AvgIpc) is 3.12. The quantitative estimate of drug-likeness (QED) is 0.376. The van der Waals surface area contributed by atoms with Crippen LogP contribution in [0, 0.1) is 0 Å². The van der Waals surface area contributed by atoms with Gasteiger partial charge in [0.15, 0.2) is 4.80 Å². The van der Waals surface area contributed by atoms with E-state index in [2.05, 4.69) is 18.8 Å². The summed E-state index contributed by atoms with van der Waals surface area (Å²) in [5, 5.41) is 0. The molecular formula is C28H28N2O5S. The fraction of sp³-hybridized carbons (Fsp3) is 0.286. The molecule has 186 valence electrons. The lowest BCUT2D eigenvalue weighted by molar-refractivity contribution is -0.139. The molecule has 1 aromatic heterocycles. The Morgan fingerprint density at radius 2 is 1.89 bits per heavy atom. The van der Waals surface area contributed by atoms with Crippen LogP contribution in [0.25, 0.3) is 6.08 Å². The van der Waals surface area contributed by atoms with Crippen LogP contribution in [-0.4, -0.2) is 23.1 Å². The first-order valence-corrected chi connectivity index (χ1v) is 12.6. The zero-order valence-corrected chi connectivity index (χ0v) is 21.7. The zero-order valence-electron chi connectivity index (χ0n) is 20.9. The Morgan fingerprint density at radius 3 is 2.53 bits per heavy atom. The molecule has 0 saturated carbocycles. The van der Waals surface area contributed by atoms with E-state index in [4.69, 9.17) is 9.47 Å². The zero-order chi connectivity index (χ0) is 26.0. The van der Waals surface area contributed by atoms with Gasteiger partial charge in [0.2, 0.25) is 0 Å². The van der Waals surface area contributed by atoms with Gasteiger partial charge >= 0.3 is 11.9 Å². The number of ether oxygens (including phenoxy) is 2. The molecule has 1 atom stereocenters. The Bertz CT molecular complexity index is 1530. The third-order valence-corrected chi connectivity index (χ3v) is 6.84. The molecule has 7 nitrogen and oxygen atoms in total. The molecule has 4 rings (SSSR count). The Morgan fingerprint density at radius 1 is 1.17 bits per heavy atom. The Balaban J connectivity index is 1.89. The van der Waals surface area contributed by atoms with Crippen molar-refractivity contribution in [2.75, 3.05) is 6.61 Å². The van der Waals surface area contributed by atoms with Crippen LogP contribution in [0.4, 0.5) is 0 Å². The normalized spacial score (nSPS) is 15.5. The second kappa shape index (κ2) is 10.5. The number of thiazole rings is 1. The van der Waals surface area contributed by atoms with E-state index in [1.165, 1.54) is 18.3 Å². The highest BCUT2D eigenvalue weighted by Crippen LogP contribution is 2.31. The first kappa shape index (κ1) is 25.3. The maximum atomic E-state index is 13.7. The molecule has 2 heterocycles. The molecule has 0 unspecified atom stereocenters. The number of fused-ring (bicyclic) bond motifs is 1. The number of esters is 2. The van der Waals surface area contributed by atoms with E-state index >= 15 is 0 Å². The highest BCUT2D eigenvalue weighted by atomic mass is 32.1. The van der Waals surface area contributed by atoms with Gasteiger partial charge in [0.25, 0.3) is 5.56 Å². The topological polar surface area (TPSA) is 87.0 Å². The van der Waals surface area contributed by atoms with E-state index in [-0.39, 0.29) is 12.2 Å². The Hall–Kier alpha value is -3.78. The number of carbonyl (C=O) groups excluding carboxylic acids is 2. The summed E-state index contributed by atoms with van der Waals surface area (Å²) < 4.78 is 12.5. The molecule has 2 aromatic carbocycles. The second-order valence-electron chi connectivity index (χ2n) is 8.79. The predicted molar refractivity (Wildman–Crippen MR) is 139 cm³/mol. The largest absolute Gasteiger partial charge is 0.463 e. The van der Waals surface area contributed by atoms with Crippen molar-refractivity contribution in [3.8, 4) is 5.75 Å². The lowest BCUT2D eigenvalue weighted by Gasteiger charge is -2.25. The van der Waals surface area contributed by atoms with E-state index < -0.39 is 18.0 Å². The molecule has 36 heavy (non-hydrogen) atoms. The minimum absolute atomic E-state index is 0.220. The van der Waals surface area contributed by atoms with E-state index in [1.807, 2.05) is 30.3 Å². The van der Waals surface area contributed by atoms with Crippen LogP contribution < -0.4 is 19.6 Å². The molecule has 0 aliphatic carbocycles.